The van der Waals surface area contributed by atoms with Gasteiger partial charge in [0.05, 0.1) is 17.7 Å². The zero-order chi connectivity index (χ0) is 14.8. The van der Waals surface area contributed by atoms with Crippen molar-refractivity contribution >= 4 is 35.0 Å². The molecule has 0 aliphatic carbocycles. The van der Waals surface area contributed by atoms with E-state index in [4.69, 9.17) is 16.3 Å². The Bertz CT molecular complexity index is 505. The Kier molecular flexibility index (Phi) is 4.86. The number of halogens is 1. The monoisotopic (exact) mass is 313 g/mol. The zero-order valence-electron chi connectivity index (χ0n) is 12.0. The van der Waals surface area contributed by atoms with Crippen molar-refractivity contribution in [1.82, 2.24) is 0 Å². The fourth-order valence-electron chi connectivity index (χ4n) is 2.26. The van der Waals surface area contributed by atoms with Gasteiger partial charge in [-0.15, -0.1) is 0 Å². The van der Waals surface area contributed by atoms with Crippen molar-refractivity contribution < 1.29 is 9.53 Å². The van der Waals surface area contributed by atoms with Gasteiger partial charge >= 0.3 is 5.97 Å². The number of methoxy groups -OCH3 is 1. The van der Waals surface area contributed by atoms with Crippen LogP contribution in [0.2, 0.25) is 5.02 Å². The predicted molar refractivity (Wildman–Crippen MR) is 85.9 cm³/mol. The molecule has 20 heavy (non-hydrogen) atoms. The molecule has 1 aliphatic heterocycles. The highest BCUT2D eigenvalue weighted by atomic mass is 35.5. The second-order valence-corrected chi connectivity index (χ2v) is 7.25. The Labute approximate surface area is 129 Å². The molecule has 1 N–H and O–H groups in total. The number of hydrogen-bond donors (Lipinski definition) is 1. The summed E-state index contributed by atoms with van der Waals surface area (Å²) < 4.78 is 4.75. The highest BCUT2D eigenvalue weighted by Gasteiger charge is 2.32. The van der Waals surface area contributed by atoms with Gasteiger partial charge in [-0.3, -0.25) is 0 Å². The molecule has 2 rings (SSSR count). The molecule has 110 valence electrons. The first-order valence-electron chi connectivity index (χ1n) is 6.66. The lowest BCUT2D eigenvalue weighted by molar-refractivity contribution is 0.0601. The maximum Gasteiger partial charge on any atom is 0.339 e. The summed E-state index contributed by atoms with van der Waals surface area (Å²) in [7, 11) is 1.36. The Morgan fingerprint density at radius 2 is 2.25 bits per heavy atom. The van der Waals surface area contributed by atoms with Crippen molar-refractivity contribution in [2.24, 2.45) is 5.41 Å². The summed E-state index contributed by atoms with van der Waals surface area (Å²) in [6.07, 6.45) is 1.19. The largest absolute Gasteiger partial charge is 0.465 e. The van der Waals surface area contributed by atoms with Crippen LogP contribution in [-0.2, 0) is 4.74 Å². The summed E-state index contributed by atoms with van der Waals surface area (Å²) >= 11 is 8.00. The third-order valence-electron chi connectivity index (χ3n) is 3.83. The van der Waals surface area contributed by atoms with Gasteiger partial charge in [-0.05, 0) is 35.8 Å². The minimum Gasteiger partial charge on any atom is -0.465 e. The normalized spacial score (nSPS) is 21.3. The van der Waals surface area contributed by atoms with Crippen molar-refractivity contribution in [2.75, 3.05) is 23.9 Å². The first-order chi connectivity index (χ1) is 9.44. The molecule has 1 fully saturated rings. The van der Waals surface area contributed by atoms with Crippen molar-refractivity contribution in [1.29, 1.82) is 0 Å². The smallest absolute Gasteiger partial charge is 0.339 e. The lowest BCUT2D eigenvalue weighted by Gasteiger charge is -2.39. The average molecular weight is 314 g/mol. The summed E-state index contributed by atoms with van der Waals surface area (Å²) in [4.78, 5) is 11.7. The molecule has 1 atom stereocenters. The van der Waals surface area contributed by atoms with Crippen molar-refractivity contribution in [3.63, 3.8) is 0 Å². The van der Waals surface area contributed by atoms with E-state index in [0.717, 1.165) is 11.4 Å². The highest BCUT2D eigenvalue weighted by molar-refractivity contribution is 7.99. The predicted octanol–water partition coefficient (Wildman–Crippen LogP) is 4.07. The Morgan fingerprint density at radius 3 is 2.90 bits per heavy atom. The summed E-state index contributed by atoms with van der Waals surface area (Å²) in [5.41, 5.74) is 1.56. The minimum absolute atomic E-state index is 0.246. The standard InChI is InChI=1S/C15H20ClNO2S/c1-15(2)6-7-20-9-13(15)17-10-4-5-12(16)11(8-10)14(18)19-3/h4-5,8,13,17H,6-7,9H2,1-3H3. The SMILES string of the molecule is COC(=O)c1cc(NC2CSCCC2(C)C)ccc1Cl. The molecule has 1 aliphatic rings. The van der Waals surface area contributed by atoms with E-state index in [-0.39, 0.29) is 5.41 Å². The number of rotatable bonds is 3. The molecule has 1 saturated heterocycles. The molecule has 1 unspecified atom stereocenters. The van der Waals surface area contributed by atoms with Crippen LogP contribution in [-0.4, -0.2) is 30.6 Å². The number of benzene rings is 1. The van der Waals surface area contributed by atoms with Crippen LogP contribution < -0.4 is 5.32 Å². The Morgan fingerprint density at radius 1 is 1.50 bits per heavy atom. The fraction of sp³-hybridized carbons (Fsp3) is 0.533. The van der Waals surface area contributed by atoms with E-state index in [1.165, 1.54) is 19.3 Å². The van der Waals surface area contributed by atoms with E-state index in [1.807, 2.05) is 17.8 Å². The molecule has 0 aromatic heterocycles. The molecule has 5 heteroatoms. The Balaban J connectivity index is 2.19. The first kappa shape index (κ1) is 15.5. The van der Waals surface area contributed by atoms with Gasteiger partial charge in [-0.25, -0.2) is 4.79 Å². The molecule has 0 bridgehead atoms. The number of thioether (sulfide) groups is 1. The summed E-state index contributed by atoms with van der Waals surface area (Å²) in [5.74, 6) is 1.87. The van der Waals surface area contributed by atoms with Crippen LogP contribution in [0.4, 0.5) is 5.69 Å². The van der Waals surface area contributed by atoms with Gasteiger partial charge in [0.25, 0.3) is 0 Å². The number of ether oxygens (including phenoxy) is 1. The van der Waals surface area contributed by atoms with Gasteiger partial charge in [-0.2, -0.15) is 11.8 Å². The zero-order valence-corrected chi connectivity index (χ0v) is 13.6. The molecule has 3 nitrogen and oxygen atoms in total. The molecule has 0 amide bonds. The van der Waals surface area contributed by atoms with Crippen molar-refractivity contribution in [3.05, 3.63) is 28.8 Å². The van der Waals surface area contributed by atoms with Crippen molar-refractivity contribution in [3.8, 4) is 0 Å². The topological polar surface area (TPSA) is 38.3 Å². The number of nitrogens with one attached hydrogen (secondary N) is 1. The third-order valence-corrected chi connectivity index (χ3v) is 5.22. The van der Waals surface area contributed by atoms with E-state index in [1.54, 1.807) is 12.1 Å². The number of esters is 1. The quantitative estimate of drug-likeness (QED) is 0.854. The van der Waals surface area contributed by atoms with E-state index < -0.39 is 5.97 Å². The second-order valence-electron chi connectivity index (χ2n) is 5.70. The molecular weight excluding hydrogens is 294 g/mol. The number of anilines is 1. The number of carbonyl (C=O) groups is 1. The molecular formula is C15H20ClNO2S. The van der Waals surface area contributed by atoms with E-state index in [2.05, 4.69) is 19.2 Å². The number of hydrogen-bond acceptors (Lipinski definition) is 4. The maximum atomic E-state index is 11.7. The first-order valence-corrected chi connectivity index (χ1v) is 8.19. The van der Waals surface area contributed by atoms with Crippen LogP contribution in [0.1, 0.15) is 30.6 Å². The lowest BCUT2D eigenvalue weighted by atomic mass is 9.82. The third kappa shape index (κ3) is 3.41. The van der Waals surface area contributed by atoms with Crippen LogP contribution in [0.5, 0.6) is 0 Å². The van der Waals surface area contributed by atoms with Gasteiger partial charge in [0.1, 0.15) is 0 Å². The molecule has 1 aromatic carbocycles. The highest BCUT2D eigenvalue weighted by Crippen LogP contribution is 2.36. The molecule has 0 radical (unpaired) electrons. The van der Waals surface area contributed by atoms with E-state index >= 15 is 0 Å². The molecule has 0 spiro atoms. The molecule has 1 heterocycles. The molecule has 0 saturated carbocycles. The van der Waals surface area contributed by atoms with Gasteiger partial charge in [0, 0.05) is 17.5 Å². The van der Waals surface area contributed by atoms with Crippen LogP contribution in [0.3, 0.4) is 0 Å². The number of carbonyl (C=O) groups excluding carboxylic acids is 1. The van der Waals surface area contributed by atoms with Crippen LogP contribution in [0, 0.1) is 5.41 Å². The van der Waals surface area contributed by atoms with Gasteiger partial charge in [-0.1, -0.05) is 25.4 Å². The Hall–Kier alpha value is -0.870. The minimum atomic E-state index is -0.407. The van der Waals surface area contributed by atoms with Crippen LogP contribution >= 0.6 is 23.4 Å². The summed E-state index contributed by atoms with van der Waals surface area (Å²) in [6.45, 7) is 4.56. The van der Waals surface area contributed by atoms with Crippen LogP contribution in [0.25, 0.3) is 0 Å². The van der Waals surface area contributed by atoms with Crippen molar-refractivity contribution in [2.45, 2.75) is 26.3 Å². The average Bonchev–Trinajstić information content (AvgIpc) is 2.42. The van der Waals surface area contributed by atoms with Gasteiger partial charge < -0.3 is 10.1 Å². The summed E-state index contributed by atoms with van der Waals surface area (Å²) in [5, 5.41) is 3.95. The second kappa shape index (κ2) is 6.27. The molecule has 1 aromatic rings. The van der Waals surface area contributed by atoms with E-state index in [0.29, 0.717) is 16.6 Å². The summed E-state index contributed by atoms with van der Waals surface area (Å²) in [6, 6.07) is 5.79. The fourth-order valence-corrected chi connectivity index (χ4v) is 4.06. The van der Waals surface area contributed by atoms with Gasteiger partial charge in [0.15, 0.2) is 0 Å². The van der Waals surface area contributed by atoms with Crippen LogP contribution in [0.15, 0.2) is 18.2 Å². The van der Waals surface area contributed by atoms with Gasteiger partial charge in [0.2, 0.25) is 0 Å². The lowest BCUT2D eigenvalue weighted by Crippen LogP contribution is -2.41. The van der Waals surface area contributed by atoms with E-state index in [9.17, 15) is 4.79 Å². The maximum absolute atomic E-state index is 11.7.